The maximum Gasteiger partial charge on any atom is 0.472 e. The average Bonchev–Trinajstić information content (AvgIpc) is 0.936. The fraction of sp³-hybridized carbons (Fsp3) is 0.901. The molecule has 0 aliphatic heterocycles. The van der Waals surface area contributed by atoms with E-state index in [1.54, 1.807) is 0 Å². The summed E-state index contributed by atoms with van der Waals surface area (Å²) in [7, 11) is -9.93. The van der Waals surface area contributed by atoms with Gasteiger partial charge in [-0.25, -0.2) is 9.13 Å². The summed E-state index contributed by atoms with van der Waals surface area (Å²) in [6.07, 6.45) is 62.0. The Kier molecular flexibility index (Phi) is 69.1. The number of hydrogen-bond donors (Lipinski definition) is 3. The number of allylic oxidation sites excluding steroid dienone is 4. The van der Waals surface area contributed by atoms with Crippen LogP contribution in [0.3, 0.4) is 0 Å². The van der Waals surface area contributed by atoms with Crippen LogP contribution in [0.15, 0.2) is 24.3 Å². The molecular weight excluding hydrogens is 1310 g/mol. The molecule has 17 nitrogen and oxygen atoms in total. The van der Waals surface area contributed by atoms with Crippen molar-refractivity contribution in [1.29, 1.82) is 0 Å². The number of hydrogen-bond acceptors (Lipinski definition) is 15. The summed E-state index contributed by atoms with van der Waals surface area (Å²) in [5.74, 6) is 0.171. The Bertz CT molecular complexity index is 2040. The van der Waals surface area contributed by atoms with Gasteiger partial charge in [-0.1, -0.05) is 342 Å². The molecule has 6 atom stereocenters. The summed E-state index contributed by atoms with van der Waals surface area (Å²) in [5, 5.41) is 10.6. The Labute approximate surface area is 612 Å². The summed E-state index contributed by atoms with van der Waals surface area (Å²) < 4.78 is 68.6. The molecule has 0 aromatic heterocycles. The van der Waals surface area contributed by atoms with E-state index in [1.807, 2.05) is 0 Å². The summed E-state index contributed by atoms with van der Waals surface area (Å²) in [6, 6.07) is 0. The lowest BCUT2D eigenvalue weighted by molar-refractivity contribution is -0.161. The largest absolute Gasteiger partial charge is 0.472 e. The molecular formula is C81H154O17P2. The topological polar surface area (TPSA) is 237 Å². The number of unbranched alkanes of at least 4 members (excludes halogenated alkanes) is 41. The van der Waals surface area contributed by atoms with Crippen molar-refractivity contribution in [2.75, 3.05) is 39.6 Å². The van der Waals surface area contributed by atoms with Gasteiger partial charge in [0.2, 0.25) is 0 Å². The van der Waals surface area contributed by atoms with E-state index < -0.39 is 97.5 Å². The van der Waals surface area contributed by atoms with E-state index in [2.05, 4.69) is 72.8 Å². The smallest absolute Gasteiger partial charge is 0.462 e. The third-order valence-electron chi connectivity index (χ3n) is 18.6. The highest BCUT2D eigenvalue weighted by Gasteiger charge is 2.30. The molecule has 0 aliphatic carbocycles. The zero-order chi connectivity index (χ0) is 73.7. The van der Waals surface area contributed by atoms with Crippen LogP contribution in [0.1, 0.15) is 395 Å². The highest BCUT2D eigenvalue weighted by atomic mass is 31.2. The van der Waals surface area contributed by atoms with Gasteiger partial charge in [0.25, 0.3) is 0 Å². The van der Waals surface area contributed by atoms with Gasteiger partial charge >= 0.3 is 39.5 Å². The first-order chi connectivity index (χ1) is 48.3. The van der Waals surface area contributed by atoms with Gasteiger partial charge in [0.1, 0.15) is 19.3 Å². The second-order valence-corrected chi connectivity index (χ2v) is 32.6. The molecule has 590 valence electrons. The fourth-order valence-electron chi connectivity index (χ4n) is 11.9. The highest BCUT2D eigenvalue weighted by molar-refractivity contribution is 7.47. The van der Waals surface area contributed by atoms with Gasteiger partial charge in [-0.2, -0.15) is 0 Å². The minimum Gasteiger partial charge on any atom is -0.462 e. The molecule has 100 heavy (non-hydrogen) atoms. The molecule has 0 bridgehead atoms. The number of phosphoric ester groups is 2. The SMILES string of the molecule is CCCCCC/C=C\C=C/CCCCCCCC(=O)O[C@H](COC(=O)CCCCCCCCCCCCCCCCCCCCC(C)C)COP(=O)(O)OC[C@@H](O)COP(=O)(O)OC[C@@H](COC(=O)CCCCCCCCC(C)CC)OC(=O)CCCCCCCCCCCCCC(C)C. The number of carbonyl (C=O) groups is 4. The van der Waals surface area contributed by atoms with Crippen molar-refractivity contribution in [2.45, 2.75) is 414 Å². The normalized spacial score (nSPS) is 14.4. The van der Waals surface area contributed by atoms with Crippen LogP contribution in [0.4, 0.5) is 0 Å². The van der Waals surface area contributed by atoms with Gasteiger partial charge in [0, 0.05) is 25.7 Å². The van der Waals surface area contributed by atoms with Gasteiger partial charge in [-0.15, -0.1) is 0 Å². The molecule has 0 rings (SSSR count). The van der Waals surface area contributed by atoms with Crippen molar-refractivity contribution in [2.24, 2.45) is 17.8 Å². The number of phosphoric acid groups is 2. The van der Waals surface area contributed by atoms with Crippen molar-refractivity contribution in [3.63, 3.8) is 0 Å². The van der Waals surface area contributed by atoms with E-state index in [0.717, 1.165) is 127 Å². The van der Waals surface area contributed by atoms with E-state index in [9.17, 15) is 43.2 Å². The van der Waals surface area contributed by atoms with Gasteiger partial charge in [0.05, 0.1) is 26.4 Å². The molecule has 0 aromatic rings. The minimum atomic E-state index is -4.97. The molecule has 0 heterocycles. The van der Waals surface area contributed by atoms with Crippen LogP contribution in [-0.4, -0.2) is 96.7 Å². The van der Waals surface area contributed by atoms with E-state index in [4.69, 9.17) is 37.0 Å². The third-order valence-corrected chi connectivity index (χ3v) is 20.5. The van der Waals surface area contributed by atoms with Gasteiger partial charge in [-0.3, -0.25) is 37.3 Å². The molecule has 19 heteroatoms. The molecule has 3 N–H and O–H groups in total. The first kappa shape index (κ1) is 97.5. The molecule has 0 saturated heterocycles. The Morgan fingerprint density at radius 1 is 0.330 bits per heavy atom. The van der Waals surface area contributed by atoms with Crippen molar-refractivity contribution >= 4 is 39.5 Å². The highest BCUT2D eigenvalue weighted by Crippen LogP contribution is 2.45. The number of rotatable bonds is 77. The summed E-state index contributed by atoms with van der Waals surface area (Å²) >= 11 is 0. The van der Waals surface area contributed by atoms with Crippen molar-refractivity contribution in [1.82, 2.24) is 0 Å². The Morgan fingerprint density at radius 2 is 0.590 bits per heavy atom. The molecule has 0 radical (unpaired) electrons. The lowest BCUT2D eigenvalue weighted by Gasteiger charge is -2.21. The van der Waals surface area contributed by atoms with Crippen LogP contribution in [0.5, 0.6) is 0 Å². The van der Waals surface area contributed by atoms with Crippen LogP contribution in [0, 0.1) is 17.8 Å². The Morgan fingerprint density at radius 3 is 0.890 bits per heavy atom. The summed E-state index contributed by atoms with van der Waals surface area (Å²) in [5.41, 5.74) is 0. The predicted molar refractivity (Wildman–Crippen MR) is 409 cm³/mol. The maximum absolute atomic E-state index is 13.1. The monoisotopic (exact) mass is 1460 g/mol. The van der Waals surface area contributed by atoms with Crippen LogP contribution >= 0.6 is 15.6 Å². The van der Waals surface area contributed by atoms with Crippen LogP contribution in [-0.2, 0) is 65.4 Å². The molecule has 0 spiro atoms. The first-order valence-corrected chi connectivity index (χ1v) is 44.2. The zero-order valence-electron chi connectivity index (χ0n) is 65.2. The zero-order valence-corrected chi connectivity index (χ0v) is 66.9. The van der Waals surface area contributed by atoms with Crippen molar-refractivity contribution < 1.29 is 80.2 Å². The van der Waals surface area contributed by atoms with Crippen LogP contribution in [0.2, 0.25) is 0 Å². The number of esters is 4. The van der Waals surface area contributed by atoms with Crippen LogP contribution < -0.4 is 0 Å². The van der Waals surface area contributed by atoms with E-state index in [0.29, 0.717) is 25.7 Å². The average molecular weight is 1460 g/mol. The minimum absolute atomic E-state index is 0.0852. The molecule has 0 amide bonds. The number of ether oxygens (including phenoxy) is 4. The molecule has 0 aromatic carbocycles. The lowest BCUT2D eigenvalue weighted by Crippen LogP contribution is -2.30. The van der Waals surface area contributed by atoms with Gasteiger partial charge < -0.3 is 33.8 Å². The molecule has 3 unspecified atom stereocenters. The summed E-state index contributed by atoms with van der Waals surface area (Å²) in [4.78, 5) is 73.0. The first-order valence-electron chi connectivity index (χ1n) is 41.2. The van der Waals surface area contributed by atoms with Crippen molar-refractivity contribution in [3.8, 4) is 0 Å². The maximum atomic E-state index is 13.1. The number of carbonyl (C=O) groups excluding carboxylic acids is 4. The Balaban J connectivity index is 5.24. The van der Waals surface area contributed by atoms with E-state index in [1.165, 1.54) is 186 Å². The third kappa shape index (κ3) is 72.5. The predicted octanol–water partition coefficient (Wildman–Crippen LogP) is 23.7. The van der Waals surface area contributed by atoms with E-state index in [-0.39, 0.29) is 25.7 Å². The quantitative estimate of drug-likeness (QED) is 0.0169. The van der Waals surface area contributed by atoms with Crippen molar-refractivity contribution in [3.05, 3.63) is 24.3 Å². The van der Waals surface area contributed by atoms with E-state index >= 15 is 0 Å². The van der Waals surface area contributed by atoms with Gasteiger partial charge in [0.15, 0.2) is 12.2 Å². The number of aliphatic hydroxyl groups excluding tert-OH is 1. The lowest BCUT2D eigenvalue weighted by atomic mass is 10.00. The molecule has 0 saturated carbocycles. The summed E-state index contributed by atoms with van der Waals surface area (Å²) in [6.45, 7) is 11.9. The standard InChI is InChI=1S/C81H154O17P2/c1-8-10-11-12-13-14-15-16-21-26-31-36-41-50-57-64-80(85)97-76(68-91-78(83)62-55-48-40-35-30-25-23-20-18-17-19-22-24-28-33-38-45-52-59-72(3)4)70-95-99(87,88)93-66-75(82)67-94-100(89,90)96-71-77(69-92-79(84)63-56-49-44-43-47-54-61-74(7)9-2)98-81(86)65-58-51-42-37-32-27-29-34-39-46-53-60-73(5)6/h14-16,21,72-77,82H,8-13,17-20,22-71H2,1-7H3,(H,87,88)(H,89,90)/b15-14-,21-16-/t74?,75-,76-,77-/m1/s1. The molecule has 0 fully saturated rings. The van der Waals surface area contributed by atoms with Gasteiger partial charge in [-0.05, 0) is 69.1 Å². The Hall–Kier alpha value is -2.46. The second kappa shape index (κ2) is 70.8. The number of aliphatic hydroxyl groups is 1. The molecule has 0 aliphatic rings. The van der Waals surface area contributed by atoms with Crippen LogP contribution in [0.25, 0.3) is 0 Å². The second-order valence-electron chi connectivity index (χ2n) is 29.7. The fourth-order valence-corrected chi connectivity index (χ4v) is 13.5.